The van der Waals surface area contributed by atoms with Crippen molar-refractivity contribution in [1.29, 1.82) is 0 Å². The van der Waals surface area contributed by atoms with Crippen LogP contribution in [-0.2, 0) is 5.75 Å². The van der Waals surface area contributed by atoms with Gasteiger partial charge in [-0.25, -0.2) is 9.97 Å². The van der Waals surface area contributed by atoms with E-state index in [0.29, 0.717) is 11.3 Å². The zero-order valence-corrected chi connectivity index (χ0v) is 13.1. The van der Waals surface area contributed by atoms with E-state index in [2.05, 4.69) is 25.9 Å². The summed E-state index contributed by atoms with van der Waals surface area (Å²) in [4.78, 5) is 21.1. The summed E-state index contributed by atoms with van der Waals surface area (Å²) in [5.74, 6) is 1.42. The van der Waals surface area contributed by atoms with E-state index >= 15 is 0 Å². The first-order valence-corrected chi connectivity index (χ1v) is 7.56. The van der Waals surface area contributed by atoms with Crippen LogP contribution in [0.4, 0.5) is 0 Å². The first-order chi connectivity index (χ1) is 9.08. The Hall–Kier alpha value is -1.20. The number of carbonyl (C=O) groups is 1. The van der Waals surface area contributed by atoms with Gasteiger partial charge in [0.15, 0.2) is 5.78 Å². The van der Waals surface area contributed by atoms with Gasteiger partial charge in [-0.1, -0.05) is 12.1 Å². The predicted octanol–water partition coefficient (Wildman–Crippen LogP) is 4.04. The van der Waals surface area contributed by atoms with Gasteiger partial charge in [-0.15, -0.1) is 11.8 Å². The van der Waals surface area contributed by atoms with Crippen LogP contribution in [-0.4, -0.2) is 15.8 Å². The number of thioether (sulfide) groups is 1. The molecule has 0 spiro atoms. The van der Waals surface area contributed by atoms with E-state index in [1.807, 2.05) is 31.2 Å². The van der Waals surface area contributed by atoms with Gasteiger partial charge in [-0.3, -0.25) is 4.79 Å². The fourth-order valence-corrected chi connectivity index (χ4v) is 3.07. The van der Waals surface area contributed by atoms with Crippen molar-refractivity contribution in [3.63, 3.8) is 0 Å². The number of benzene rings is 1. The smallest absolute Gasteiger partial charge is 0.163 e. The zero-order chi connectivity index (χ0) is 13.8. The maximum Gasteiger partial charge on any atom is 0.163 e. The van der Waals surface area contributed by atoms with E-state index in [9.17, 15) is 4.79 Å². The van der Waals surface area contributed by atoms with E-state index in [4.69, 9.17) is 0 Å². The van der Waals surface area contributed by atoms with Gasteiger partial charge in [0.1, 0.15) is 5.82 Å². The lowest BCUT2D eigenvalue weighted by molar-refractivity contribution is 0.101. The van der Waals surface area contributed by atoms with Crippen molar-refractivity contribution in [2.75, 3.05) is 0 Å². The molecule has 0 fully saturated rings. The fourth-order valence-electron chi connectivity index (χ4n) is 1.63. The summed E-state index contributed by atoms with van der Waals surface area (Å²) in [6.07, 6.45) is 1.61. The average Bonchev–Trinajstić information content (AvgIpc) is 2.37. The SMILES string of the molecule is CC(=O)c1cnc(CSc2ccccc2Br)nc1C. The molecule has 5 heteroatoms. The first kappa shape index (κ1) is 14.2. The number of rotatable bonds is 4. The number of halogens is 1. The molecule has 2 aromatic rings. The maximum atomic E-state index is 11.3. The average molecular weight is 337 g/mol. The Morgan fingerprint density at radius 3 is 2.74 bits per heavy atom. The highest BCUT2D eigenvalue weighted by molar-refractivity contribution is 9.10. The number of hydrogen-bond donors (Lipinski definition) is 0. The fraction of sp³-hybridized carbons (Fsp3) is 0.214. The molecule has 0 radical (unpaired) electrons. The van der Waals surface area contributed by atoms with Crippen LogP contribution in [0, 0.1) is 6.92 Å². The lowest BCUT2D eigenvalue weighted by Crippen LogP contribution is -2.03. The number of carbonyl (C=O) groups excluding carboxylic acids is 1. The zero-order valence-electron chi connectivity index (χ0n) is 10.7. The molecule has 0 N–H and O–H groups in total. The summed E-state index contributed by atoms with van der Waals surface area (Å²) in [5.41, 5.74) is 1.33. The Morgan fingerprint density at radius 1 is 1.37 bits per heavy atom. The molecular formula is C14H13BrN2OS. The Balaban J connectivity index is 2.11. The molecule has 19 heavy (non-hydrogen) atoms. The summed E-state index contributed by atoms with van der Waals surface area (Å²) in [6, 6.07) is 8.04. The second-order valence-corrected chi connectivity index (χ2v) is 5.93. The van der Waals surface area contributed by atoms with Crippen molar-refractivity contribution in [2.24, 2.45) is 0 Å². The number of ketones is 1. The Bertz CT molecular complexity index is 616. The molecule has 0 aliphatic heterocycles. The van der Waals surface area contributed by atoms with Gasteiger partial charge < -0.3 is 0 Å². The summed E-state index contributed by atoms with van der Waals surface area (Å²) < 4.78 is 1.07. The third-order valence-electron chi connectivity index (χ3n) is 2.60. The monoisotopic (exact) mass is 336 g/mol. The number of hydrogen-bond acceptors (Lipinski definition) is 4. The molecule has 0 atom stereocenters. The van der Waals surface area contributed by atoms with Gasteiger partial charge in [0.05, 0.1) is 17.0 Å². The Kier molecular flexibility index (Phi) is 4.71. The molecule has 0 saturated heterocycles. The van der Waals surface area contributed by atoms with Gasteiger partial charge >= 0.3 is 0 Å². The van der Waals surface area contributed by atoms with Crippen molar-refractivity contribution in [3.05, 3.63) is 52.0 Å². The Morgan fingerprint density at radius 2 is 2.11 bits per heavy atom. The highest BCUT2D eigenvalue weighted by Gasteiger charge is 2.08. The van der Waals surface area contributed by atoms with Crippen LogP contribution in [0.5, 0.6) is 0 Å². The molecule has 2 rings (SSSR count). The molecule has 0 unspecified atom stereocenters. The minimum absolute atomic E-state index is 0.00232. The van der Waals surface area contributed by atoms with E-state index in [1.165, 1.54) is 6.92 Å². The Labute approximate surface area is 125 Å². The molecule has 3 nitrogen and oxygen atoms in total. The van der Waals surface area contributed by atoms with Gasteiger partial charge in [-0.2, -0.15) is 0 Å². The van der Waals surface area contributed by atoms with Crippen molar-refractivity contribution in [1.82, 2.24) is 9.97 Å². The van der Waals surface area contributed by atoms with Crippen molar-refractivity contribution < 1.29 is 4.79 Å². The topological polar surface area (TPSA) is 42.9 Å². The predicted molar refractivity (Wildman–Crippen MR) is 80.5 cm³/mol. The van der Waals surface area contributed by atoms with Gasteiger partial charge in [0.2, 0.25) is 0 Å². The molecule has 0 aliphatic rings. The van der Waals surface area contributed by atoms with E-state index in [1.54, 1.807) is 18.0 Å². The minimum Gasteiger partial charge on any atom is -0.294 e. The summed E-state index contributed by atoms with van der Waals surface area (Å²) in [5, 5.41) is 0. The molecule has 98 valence electrons. The van der Waals surface area contributed by atoms with Crippen molar-refractivity contribution in [3.8, 4) is 0 Å². The van der Waals surface area contributed by atoms with Crippen LogP contribution in [0.1, 0.15) is 28.8 Å². The van der Waals surface area contributed by atoms with Crippen LogP contribution >= 0.6 is 27.7 Å². The van der Waals surface area contributed by atoms with E-state index in [-0.39, 0.29) is 5.78 Å². The number of Topliss-reactive ketones (excluding diaryl/α,β-unsaturated/α-hetero) is 1. The van der Waals surface area contributed by atoms with Crippen LogP contribution < -0.4 is 0 Å². The van der Waals surface area contributed by atoms with Crippen LogP contribution in [0.15, 0.2) is 39.8 Å². The van der Waals surface area contributed by atoms with Crippen LogP contribution in [0.25, 0.3) is 0 Å². The van der Waals surface area contributed by atoms with Crippen LogP contribution in [0.2, 0.25) is 0 Å². The van der Waals surface area contributed by atoms with E-state index < -0.39 is 0 Å². The quantitative estimate of drug-likeness (QED) is 0.624. The molecule has 1 aromatic heterocycles. The molecule has 0 saturated carbocycles. The van der Waals surface area contributed by atoms with Gasteiger partial charge in [0.25, 0.3) is 0 Å². The third kappa shape index (κ3) is 3.64. The highest BCUT2D eigenvalue weighted by Crippen LogP contribution is 2.28. The molecule has 0 bridgehead atoms. The summed E-state index contributed by atoms with van der Waals surface area (Å²) in [7, 11) is 0. The third-order valence-corrected chi connectivity index (χ3v) is 4.63. The van der Waals surface area contributed by atoms with E-state index in [0.717, 1.165) is 20.9 Å². The molecule has 1 aromatic carbocycles. The van der Waals surface area contributed by atoms with Crippen molar-refractivity contribution in [2.45, 2.75) is 24.5 Å². The number of aryl methyl sites for hydroxylation is 1. The second-order valence-electron chi connectivity index (χ2n) is 4.06. The molecule has 1 heterocycles. The molecule has 0 aliphatic carbocycles. The standard InChI is InChI=1S/C14H13BrN2OS/c1-9-11(10(2)18)7-16-14(17-9)8-19-13-6-4-3-5-12(13)15/h3-7H,8H2,1-2H3. The van der Waals surface area contributed by atoms with Crippen molar-refractivity contribution >= 4 is 33.5 Å². The lowest BCUT2D eigenvalue weighted by atomic mass is 10.2. The molecular weight excluding hydrogens is 324 g/mol. The minimum atomic E-state index is 0.00232. The lowest BCUT2D eigenvalue weighted by Gasteiger charge is -2.05. The summed E-state index contributed by atoms with van der Waals surface area (Å²) >= 11 is 5.17. The number of aromatic nitrogens is 2. The van der Waals surface area contributed by atoms with Gasteiger partial charge in [-0.05, 0) is 41.9 Å². The first-order valence-electron chi connectivity index (χ1n) is 5.78. The highest BCUT2D eigenvalue weighted by atomic mass is 79.9. The summed E-state index contributed by atoms with van der Waals surface area (Å²) in [6.45, 7) is 3.37. The largest absolute Gasteiger partial charge is 0.294 e. The normalized spacial score (nSPS) is 10.5. The number of nitrogens with zero attached hydrogens (tertiary/aromatic N) is 2. The van der Waals surface area contributed by atoms with Gasteiger partial charge in [0, 0.05) is 15.6 Å². The molecule has 0 amide bonds. The van der Waals surface area contributed by atoms with Crippen LogP contribution in [0.3, 0.4) is 0 Å². The second kappa shape index (κ2) is 6.30. The maximum absolute atomic E-state index is 11.3.